The van der Waals surface area contributed by atoms with E-state index in [-0.39, 0.29) is 0 Å². The van der Waals surface area contributed by atoms with Gasteiger partial charge in [-0.2, -0.15) is 0 Å². The molecule has 3 nitrogen and oxygen atoms in total. The van der Waals surface area contributed by atoms with Crippen LogP contribution in [-0.2, 0) is 11.2 Å². The molecule has 92 valence electrons. The summed E-state index contributed by atoms with van der Waals surface area (Å²) < 4.78 is 5.50. The standard InChI is InChI=1S/C12H21NO2S/c1-5-12(6-2,15-4)10(14)7-11-13-9(3)8-16-11/h8,10,14H,5-7H2,1-4H3. The minimum Gasteiger partial charge on any atom is -0.390 e. The van der Waals surface area contributed by atoms with Crippen LogP contribution in [0.3, 0.4) is 0 Å². The highest BCUT2D eigenvalue weighted by atomic mass is 32.1. The third-order valence-electron chi connectivity index (χ3n) is 3.25. The van der Waals surface area contributed by atoms with E-state index < -0.39 is 11.7 Å². The molecule has 0 saturated heterocycles. The Hall–Kier alpha value is -0.450. The van der Waals surface area contributed by atoms with Crippen LogP contribution in [0, 0.1) is 6.92 Å². The van der Waals surface area contributed by atoms with Crippen molar-refractivity contribution in [1.82, 2.24) is 4.98 Å². The van der Waals surface area contributed by atoms with Gasteiger partial charge in [0.1, 0.15) is 0 Å². The third kappa shape index (κ3) is 2.81. The lowest BCUT2D eigenvalue weighted by Crippen LogP contribution is -2.44. The van der Waals surface area contributed by atoms with E-state index in [0.717, 1.165) is 23.5 Å². The Bertz CT molecular complexity index is 312. The van der Waals surface area contributed by atoms with Crippen molar-refractivity contribution in [2.45, 2.75) is 51.7 Å². The second-order valence-electron chi connectivity index (χ2n) is 4.08. The van der Waals surface area contributed by atoms with Gasteiger partial charge in [0.2, 0.25) is 0 Å². The summed E-state index contributed by atoms with van der Waals surface area (Å²) in [4.78, 5) is 4.37. The summed E-state index contributed by atoms with van der Waals surface area (Å²) in [6.07, 6.45) is 1.71. The van der Waals surface area contributed by atoms with Crippen LogP contribution in [0.5, 0.6) is 0 Å². The molecule has 1 heterocycles. The minimum absolute atomic E-state index is 0.431. The molecule has 0 aliphatic rings. The van der Waals surface area contributed by atoms with Crippen molar-refractivity contribution in [1.29, 1.82) is 0 Å². The molecule has 1 aromatic heterocycles. The largest absolute Gasteiger partial charge is 0.390 e. The smallest absolute Gasteiger partial charge is 0.0955 e. The zero-order chi connectivity index (χ0) is 12.2. The van der Waals surface area contributed by atoms with Gasteiger partial charge >= 0.3 is 0 Å². The van der Waals surface area contributed by atoms with E-state index in [4.69, 9.17) is 4.74 Å². The molecule has 0 aliphatic heterocycles. The number of methoxy groups -OCH3 is 1. The summed E-state index contributed by atoms with van der Waals surface area (Å²) in [7, 11) is 1.67. The first-order chi connectivity index (χ1) is 7.57. The summed E-state index contributed by atoms with van der Waals surface area (Å²) in [5.41, 5.74) is 0.586. The Morgan fingerprint density at radius 3 is 2.50 bits per heavy atom. The predicted molar refractivity (Wildman–Crippen MR) is 66.9 cm³/mol. The fraction of sp³-hybridized carbons (Fsp3) is 0.750. The van der Waals surface area contributed by atoms with Gasteiger partial charge in [0, 0.05) is 24.6 Å². The lowest BCUT2D eigenvalue weighted by molar-refractivity contribution is -0.106. The molecular formula is C12H21NO2S. The summed E-state index contributed by atoms with van der Waals surface area (Å²) in [5.74, 6) is 0. The minimum atomic E-state index is -0.488. The number of aliphatic hydroxyl groups excluding tert-OH is 1. The molecule has 1 atom stereocenters. The number of aromatic nitrogens is 1. The number of thiazole rings is 1. The van der Waals surface area contributed by atoms with Gasteiger partial charge in [-0.1, -0.05) is 13.8 Å². The van der Waals surface area contributed by atoms with Crippen LogP contribution in [-0.4, -0.2) is 28.9 Å². The van der Waals surface area contributed by atoms with Crippen molar-refractivity contribution in [2.75, 3.05) is 7.11 Å². The summed E-state index contributed by atoms with van der Waals surface area (Å²) >= 11 is 1.60. The van der Waals surface area contributed by atoms with Crippen LogP contribution in [0.4, 0.5) is 0 Å². The Balaban J connectivity index is 2.72. The average molecular weight is 243 g/mol. The summed E-state index contributed by atoms with van der Waals surface area (Å²) in [6.45, 7) is 6.06. The molecular weight excluding hydrogens is 222 g/mol. The molecule has 4 heteroatoms. The van der Waals surface area contributed by atoms with Crippen LogP contribution in [0.1, 0.15) is 37.4 Å². The zero-order valence-electron chi connectivity index (χ0n) is 10.5. The van der Waals surface area contributed by atoms with Crippen LogP contribution >= 0.6 is 11.3 Å². The number of aryl methyl sites for hydroxylation is 1. The number of hydrogen-bond donors (Lipinski definition) is 1. The van der Waals surface area contributed by atoms with Gasteiger partial charge in [-0.25, -0.2) is 4.98 Å². The molecule has 0 amide bonds. The van der Waals surface area contributed by atoms with Crippen LogP contribution in [0.15, 0.2) is 5.38 Å². The number of rotatable bonds is 6. The Morgan fingerprint density at radius 1 is 1.50 bits per heavy atom. The van der Waals surface area contributed by atoms with E-state index in [1.54, 1.807) is 18.4 Å². The molecule has 0 bridgehead atoms. The zero-order valence-corrected chi connectivity index (χ0v) is 11.3. The topological polar surface area (TPSA) is 42.4 Å². The van der Waals surface area contributed by atoms with Crippen LogP contribution in [0.2, 0.25) is 0 Å². The van der Waals surface area contributed by atoms with Gasteiger partial charge in [-0.3, -0.25) is 0 Å². The second-order valence-corrected chi connectivity index (χ2v) is 5.02. The highest BCUT2D eigenvalue weighted by molar-refractivity contribution is 7.09. The number of nitrogens with zero attached hydrogens (tertiary/aromatic N) is 1. The highest BCUT2D eigenvalue weighted by Crippen LogP contribution is 2.27. The molecule has 1 unspecified atom stereocenters. The molecule has 0 radical (unpaired) electrons. The van der Waals surface area contributed by atoms with E-state index in [9.17, 15) is 5.11 Å². The number of ether oxygens (including phenoxy) is 1. The molecule has 0 spiro atoms. The third-order valence-corrected chi connectivity index (χ3v) is 4.23. The molecule has 0 aromatic carbocycles. The average Bonchev–Trinajstić information content (AvgIpc) is 2.67. The summed E-state index contributed by atoms with van der Waals surface area (Å²) in [5, 5.41) is 13.3. The molecule has 1 N–H and O–H groups in total. The van der Waals surface area contributed by atoms with Gasteiger partial charge in [0.25, 0.3) is 0 Å². The molecule has 1 aromatic rings. The van der Waals surface area contributed by atoms with Gasteiger partial charge in [-0.15, -0.1) is 11.3 Å². The Morgan fingerprint density at radius 2 is 2.12 bits per heavy atom. The van der Waals surface area contributed by atoms with E-state index in [0.29, 0.717) is 6.42 Å². The first kappa shape index (κ1) is 13.6. The maximum atomic E-state index is 10.3. The van der Waals surface area contributed by atoms with E-state index in [1.807, 2.05) is 26.2 Å². The Labute approximate surface area is 101 Å². The van der Waals surface area contributed by atoms with Crippen molar-refractivity contribution in [3.05, 3.63) is 16.1 Å². The van der Waals surface area contributed by atoms with Crippen molar-refractivity contribution in [3.8, 4) is 0 Å². The number of hydrogen-bond acceptors (Lipinski definition) is 4. The maximum Gasteiger partial charge on any atom is 0.0955 e. The normalized spacial score (nSPS) is 14.1. The molecule has 1 rings (SSSR count). The fourth-order valence-electron chi connectivity index (χ4n) is 1.99. The lowest BCUT2D eigenvalue weighted by atomic mass is 9.88. The van der Waals surface area contributed by atoms with E-state index in [2.05, 4.69) is 4.98 Å². The van der Waals surface area contributed by atoms with Gasteiger partial charge in [-0.05, 0) is 19.8 Å². The number of aliphatic hydroxyl groups is 1. The lowest BCUT2D eigenvalue weighted by Gasteiger charge is -2.34. The molecule has 0 fully saturated rings. The van der Waals surface area contributed by atoms with Crippen molar-refractivity contribution in [2.24, 2.45) is 0 Å². The first-order valence-electron chi connectivity index (χ1n) is 5.72. The van der Waals surface area contributed by atoms with Crippen LogP contribution in [0.25, 0.3) is 0 Å². The first-order valence-corrected chi connectivity index (χ1v) is 6.60. The van der Waals surface area contributed by atoms with E-state index in [1.165, 1.54) is 0 Å². The quantitative estimate of drug-likeness (QED) is 0.835. The SMILES string of the molecule is CCC(CC)(OC)C(O)Cc1nc(C)cs1. The van der Waals surface area contributed by atoms with E-state index >= 15 is 0 Å². The molecule has 16 heavy (non-hydrogen) atoms. The van der Waals surface area contributed by atoms with Crippen molar-refractivity contribution >= 4 is 11.3 Å². The summed E-state index contributed by atoms with van der Waals surface area (Å²) in [6, 6.07) is 0. The molecule has 0 aliphatic carbocycles. The monoisotopic (exact) mass is 243 g/mol. The predicted octanol–water partition coefficient (Wildman–Crippen LogP) is 2.56. The highest BCUT2D eigenvalue weighted by Gasteiger charge is 2.34. The van der Waals surface area contributed by atoms with Gasteiger partial charge in [0.05, 0.1) is 16.7 Å². The molecule has 0 saturated carbocycles. The fourth-order valence-corrected chi connectivity index (χ4v) is 2.80. The van der Waals surface area contributed by atoms with Crippen LogP contribution < -0.4 is 0 Å². The Kier molecular flexibility index (Phi) is 4.89. The van der Waals surface area contributed by atoms with Crippen molar-refractivity contribution < 1.29 is 9.84 Å². The van der Waals surface area contributed by atoms with Crippen molar-refractivity contribution in [3.63, 3.8) is 0 Å². The van der Waals surface area contributed by atoms with Gasteiger partial charge in [0.15, 0.2) is 0 Å². The second kappa shape index (κ2) is 5.75. The van der Waals surface area contributed by atoms with Gasteiger partial charge < -0.3 is 9.84 Å². The maximum absolute atomic E-state index is 10.3.